The lowest BCUT2D eigenvalue weighted by atomic mass is 10.2. The number of morpholine rings is 1. The van der Waals surface area contributed by atoms with Gasteiger partial charge in [0.15, 0.2) is 0 Å². The number of carbonyl (C=O) groups excluding carboxylic acids is 2. The van der Waals surface area contributed by atoms with Crippen LogP contribution in [0.25, 0.3) is 11.0 Å². The van der Waals surface area contributed by atoms with Gasteiger partial charge in [-0.25, -0.2) is 4.98 Å². The van der Waals surface area contributed by atoms with Crippen molar-refractivity contribution in [3.8, 4) is 17.2 Å². The van der Waals surface area contributed by atoms with Crippen LogP contribution in [0.3, 0.4) is 0 Å². The molecule has 1 saturated heterocycles. The summed E-state index contributed by atoms with van der Waals surface area (Å²) in [6.45, 7) is 4.32. The number of rotatable bonds is 9. The number of benzene rings is 2. The molecule has 12 nitrogen and oxygen atoms in total. The Labute approximate surface area is 250 Å². The van der Waals surface area contributed by atoms with E-state index in [0.29, 0.717) is 42.3 Å². The Bertz CT molecular complexity index is 1630. The van der Waals surface area contributed by atoms with Crippen molar-refractivity contribution in [3.63, 3.8) is 0 Å². The maximum Gasteiger partial charge on any atom is 0.573 e. The third kappa shape index (κ3) is 7.73. The van der Waals surface area contributed by atoms with Crippen molar-refractivity contribution in [1.82, 2.24) is 30.0 Å². The number of pyridine rings is 1. The number of nitrogens with zero attached hydrogens (tertiary/aromatic N) is 7. The summed E-state index contributed by atoms with van der Waals surface area (Å²) in [5.74, 6) is -0.512. The third-order valence-electron chi connectivity index (χ3n) is 6.74. The van der Waals surface area contributed by atoms with Crippen molar-refractivity contribution in [3.05, 3.63) is 72.1 Å². The molecule has 1 fully saturated rings. The minimum atomic E-state index is -4.84. The van der Waals surface area contributed by atoms with Gasteiger partial charge in [-0.15, -0.1) is 23.4 Å². The predicted octanol–water partition coefficient (Wildman–Crippen LogP) is 3.79. The van der Waals surface area contributed by atoms with Gasteiger partial charge < -0.3 is 19.1 Å². The SMILES string of the molecule is CN(CCN1CCOCC1)C(=O)c1cc(Oc2ccc3nnc(N(C)C(=O)c4ccc(OC(F)(F)F)cc4)nc3c2)ccn1. The number of fused-ring (bicyclic) bond motifs is 1. The lowest BCUT2D eigenvalue weighted by Gasteiger charge is -2.28. The van der Waals surface area contributed by atoms with E-state index in [1.54, 1.807) is 42.3 Å². The van der Waals surface area contributed by atoms with Crippen LogP contribution in [-0.4, -0.2) is 102 Å². The second kappa shape index (κ2) is 13.2. The molecule has 2 aromatic heterocycles. The van der Waals surface area contributed by atoms with Gasteiger partial charge in [0.1, 0.15) is 28.5 Å². The molecule has 1 aliphatic heterocycles. The van der Waals surface area contributed by atoms with Crippen molar-refractivity contribution in [1.29, 1.82) is 0 Å². The van der Waals surface area contributed by atoms with Gasteiger partial charge in [0.05, 0.1) is 18.7 Å². The molecule has 44 heavy (non-hydrogen) atoms. The highest BCUT2D eigenvalue weighted by atomic mass is 19.4. The predicted molar refractivity (Wildman–Crippen MR) is 152 cm³/mol. The second-order valence-electron chi connectivity index (χ2n) is 9.86. The number of alkyl halides is 3. The Morgan fingerprint density at radius 1 is 0.909 bits per heavy atom. The fourth-order valence-corrected chi connectivity index (χ4v) is 4.34. The van der Waals surface area contributed by atoms with E-state index in [1.165, 1.54) is 25.4 Å². The number of aromatic nitrogens is 4. The Kier molecular flexibility index (Phi) is 9.15. The maximum absolute atomic E-state index is 13.0. The number of hydrogen-bond acceptors (Lipinski definition) is 10. The fourth-order valence-electron chi connectivity index (χ4n) is 4.34. The number of hydrogen-bond donors (Lipinski definition) is 0. The van der Waals surface area contributed by atoms with E-state index in [9.17, 15) is 22.8 Å². The molecular formula is C29H28F3N7O5. The first-order valence-corrected chi connectivity index (χ1v) is 13.5. The van der Waals surface area contributed by atoms with E-state index >= 15 is 0 Å². The van der Waals surface area contributed by atoms with Gasteiger partial charge in [0.2, 0.25) is 0 Å². The lowest BCUT2D eigenvalue weighted by Crippen LogP contribution is -2.42. The van der Waals surface area contributed by atoms with E-state index in [1.807, 2.05) is 0 Å². The summed E-state index contributed by atoms with van der Waals surface area (Å²) in [5.41, 5.74) is 1.13. The standard InChI is InChI=1S/C29H28F3N7O5/c1-37(11-12-39-13-15-42-16-14-39)27(41)25-18-22(9-10-33-25)43-21-7-8-23-24(17-21)34-28(36-35-23)38(2)26(40)19-3-5-20(6-4-19)44-29(30,31)32/h3-10,17-18H,11-16H2,1-2H3. The zero-order valence-corrected chi connectivity index (χ0v) is 23.8. The summed E-state index contributed by atoms with van der Waals surface area (Å²) in [7, 11) is 3.14. The highest BCUT2D eigenvalue weighted by Crippen LogP contribution is 2.26. The molecule has 0 radical (unpaired) electrons. The molecule has 15 heteroatoms. The summed E-state index contributed by atoms with van der Waals surface area (Å²) in [6, 6.07) is 12.6. The topological polar surface area (TPSA) is 123 Å². The van der Waals surface area contributed by atoms with Gasteiger partial charge in [0.25, 0.3) is 17.8 Å². The van der Waals surface area contributed by atoms with Crippen LogP contribution in [-0.2, 0) is 4.74 Å². The van der Waals surface area contributed by atoms with E-state index in [-0.39, 0.29) is 23.1 Å². The molecule has 2 aromatic carbocycles. The van der Waals surface area contributed by atoms with Crippen LogP contribution in [0.5, 0.6) is 17.2 Å². The van der Waals surface area contributed by atoms with E-state index in [0.717, 1.165) is 36.7 Å². The molecule has 0 spiro atoms. The molecule has 1 aliphatic rings. The Morgan fingerprint density at radius 2 is 1.61 bits per heavy atom. The summed E-state index contributed by atoms with van der Waals surface area (Å²) in [5, 5.41) is 8.11. The smallest absolute Gasteiger partial charge is 0.457 e. The molecule has 2 amide bonds. The van der Waals surface area contributed by atoms with Crippen LogP contribution in [0.2, 0.25) is 0 Å². The largest absolute Gasteiger partial charge is 0.573 e. The Morgan fingerprint density at radius 3 is 2.34 bits per heavy atom. The number of halogens is 3. The van der Waals surface area contributed by atoms with Crippen LogP contribution in [0.15, 0.2) is 60.8 Å². The van der Waals surface area contributed by atoms with Gasteiger partial charge in [0, 0.05) is 64.2 Å². The van der Waals surface area contributed by atoms with Crippen LogP contribution in [0, 0.1) is 0 Å². The van der Waals surface area contributed by atoms with Crippen molar-refractivity contribution in [2.75, 3.05) is 58.4 Å². The summed E-state index contributed by atoms with van der Waals surface area (Å²) in [6.07, 6.45) is -3.35. The van der Waals surface area contributed by atoms with Crippen molar-refractivity contribution >= 4 is 28.8 Å². The normalized spacial score (nSPS) is 13.8. The highest BCUT2D eigenvalue weighted by molar-refractivity contribution is 6.05. The number of carbonyl (C=O) groups is 2. The number of ether oxygens (including phenoxy) is 3. The second-order valence-corrected chi connectivity index (χ2v) is 9.86. The summed E-state index contributed by atoms with van der Waals surface area (Å²) in [4.78, 5) is 39.5. The van der Waals surface area contributed by atoms with Gasteiger partial charge in [-0.2, -0.15) is 0 Å². The zero-order valence-electron chi connectivity index (χ0n) is 23.8. The maximum atomic E-state index is 13.0. The number of anilines is 1. The van der Waals surface area contributed by atoms with Gasteiger partial charge in [-0.05, 0) is 42.5 Å². The molecular weight excluding hydrogens is 583 g/mol. The van der Waals surface area contributed by atoms with Crippen molar-refractivity contribution < 1.29 is 37.0 Å². The number of likely N-dealkylation sites (N-methyl/N-ethyl adjacent to an activating group) is 1. The Hall–Kier alpha value is -4.89. The molecule has 0 N–H and O–H groups in total. The van der Waals surface area contributed by atoms with Crippen molar-refractivity contribution in [2.45, 2.75) is 6.36 Å². The fraction of sp³-hybridized carbons (Fsp3) is 0.310. The van der Waals surface area contributed by atoms with Gasteiger partial charge >= 0.3 is 6.36 Å². The van der Waals surface area contributed by atoms with Crippen molar-refractivity contribution in [2.24, 2.45) is 0 Å². The molecule has 0 atom stereocenters. The van der Waals surface area contributed by atoms with Crippen LogP contribution in [0.1, 0.15) is 20.8 Å². The molecule has 3 heterocycles. The molecule has 5 rings (SSSR count). The highest BCUT2D eigenvalue weighted by Gasteiger charge is 2.31. The van der Waals surface area contributed by atoms with E-state index in [2.05, 4.69) is 29.8 Å². The third-order valence-corrected chi connectivity index (χ3v) is 6.74. The first-order chi connectivity index (χ1) is 21.1. The Balaban J connectivity index is 1.25. The van der Waals surface area contributed by atoms with E-state index in [4.69, 9.17) is 9.47 Å². The van der Waals surface area contributed by atoms with Gasteiger partial charge in [-0.3, -0.25) is 24.4 Å². The zero-order chi connectivity index (χ0) is 31.3. The van der Waals surface area contributed by atoms with Crippen LogP contribution in [0.4, 0.5) is 19.1 Å². The first-order valence-electron chi connectivity index (χ1n) is 13.5. The summed E-state index contributed by atoms with van der Waals surface area (Å²) < 4.78 is 52.5. The molecule has 230 valence electrons. The van der Waals surface area contributed by atoms with Gasteiger partial charge in [-0.1, -0.05) is 0 Å². The first kappa shape index (κ1) is 30.6. The average molecular weight is 612 g/mol. The molecule has 0 bridgehead atoms. The molecule has 0 unspecified atom stereocenters. The summed E-state index contributed by atoms with van der Waals surface area (Å²) >= 11 is 0. The minimum absolute atomic E-state index is 0.0350. The average Bonchev–Trinajstić information content (AvgIpc) is 3.02. The van der Waals surface area contributed by atoms with E-state index < -0.39 is 18.0 Å². The lowest BCUT2D eigenvalue weighted by molar-refractivity contribution is -0.274. The molecule has 4 aromatic rings. The van der Waals surface area contributed by atoms with Crippen LogP contribution >= 0.6 is 0 Å². The molecule has 0 saturated carbocycles. The van der Waals surface area contributed by atoms with Crippen LogP contribution < -0.4 is 14.4 Å². The number of amides is 2. The quantitative estimate of drug-likeness (QED) is 0.276. The molecule has 0 aliphatic carbocycles. The monoisotopic (exact) mass is 611 g/mol. The minimum Gasteiger partial charge on any atom is -0.457 e.